The molecule has 5 aromatic carbocycles. The smallest absolute Gasteiger partial charge is 0.165 e. The van der Waals surface area contributed by atoms with Crippen LogP contribution in [0.15, 0.2) is 183 Å². The summed E-state index contributed by atoms with van der Waals surface area (Å²) in [5.74, 6) is 5.32. The van der Waals surface area contributed by atoms with Gasteiger partial charge in [-0.3, -0.25) is 24.5 Å². The minimum absolute atomic E-state index is 0.122. The van der Waals surface area contributed by atoms with Crippen molar-refractivity contribution in [3.05, 3.63) is 212 Å². The van der Waals surface area contributed by atoms with Crippen molar-refractivity contribution < 1.29 is 40.9 Å². The second-order valence-electron chi connectivity index (χ2n) is 36.5. The molecule has 10 aliphatic heterocycles. The molecule has 10 aromatic heterocycles. The molecule has 0 spiro atoms. The van der Waals surface area contributed by atoms with Crippen LogP contribution in [0.3, 0.4) is 0 Å². The summed E-state index contributed by atoms with van der Waals surface area (Å²) in [6.07, 6.45) is 30.7. The molecule has 2 unspecified atom stereocenters. The maximum Gasteiger partial charge on any atom is 0.165 e. The Morgan fingerprint density at radius 1 is 0.309 bits per heavy atom. The van der Waals surface area contributed by atoms with Crippen LogP contribution >= 0.6 is 0 Å². The Balaban J connectivity index is 0.000000102. The van der Waals surface area contributed by atoms with Crippen molar-refractivity contribution in [2.75, 3.05) is 189 Å². The van der Waals surface area contributed by atoms with Crippen molar-refractivity contribution in [3.8, 4) is 78.6 Å². The molecule has 22 bridgehead atoms. The van der Waals surface area contributed by atoms with Gasteiger partial charge in [0.05, 0.1) is 37.0 Å². The largest absolute Gasteiger partial charge is 0.492 e. The Hall–Kier alpha value is -13.4. The first kappa shape index (κ1) is 89.2. The molecule has 10 aliphatic rings. The fourth-order valence-electron chi connectivity index (χ4n) is 20.1. The number of piperazine rings is 1. The number of anilines is 6. The summed E-state index contributed by atoms with van der Waals surface area (Å²) in [5, 5.41) is 38.8. The van der Waals surface area contributed by atoms with E-state index in [1.54, 1.807) is 102 Å². The van der Waals surface area contributed by atoms with Crippen molar-refractivity contribution in [2.45, 2.75) is 101 Å². The van der Waals surface area contributed by atoms with Crippen LogP contribution in [-0.2, 0) is 0 Å². The highest BCUT2D eigenvalue weighted by Gasteiger charge is 2.32. The number of rotatable bonds is 0. The maximum atomic E-state index is 14.6. The summed E-state index contributed by atoms with van der Waals surface area (Å²) in [6, 6.07) is 36.0. The Morgan fingerprint density at radius 2 is 0.684 bits per heavy atom. The van der Waals surface area contributed by atoms with Gasteiger partial charge in [0.1, 0.15) is 107 Å². The van der Waals surface area contributed by atoms with Crippen LogP contribution in [-0.4, -0.2) is 286 Å². The van der Waals surface area contributed by atoms with E-state index in [0.717, 1.165) is 185 Å². The van der Waals surface area contributed by atoms with Gasteiger partial charge in [-0.15, -0.1) is 0 Å². The normalized spacial score (nSPS) is 21.0. The molecule has 0 saturated carbocycles. The topological polar surface area (TPSA) is 271 Å². The molecule has 15 aromatic rings. The second kappa shape index (κ2) is 40.3. The molecule has 5 N–H and O–H groups in total. The highest BCUT2D eigenvalue weighted by molar-refractivity contribution is 5.84. The summed E-state index contributed by atoms with van der Waals surface area (Å²) in [5.41, 5.74) is 9.88. The van der Waals surface area contributed by atoms with Crippen molar-refractivity contribution in [1.29, 1.82) is 0 Å². The molecule has 25 rings (SSSR count). The Labute approximate surface area is 783 Å². The molecular weight excluding hydrogens is 1740 g/mol. The monoisotopic (exact) mass is 1850 g/mol. The third-order valence-corrected chi connectivity index (χ3v) is 27.7. The number of nitrogens with zero attached hydrogens (tertiary/aromatic N) is 22. The first-order valence-corrected chi connectivity index (χ1v) is 47.7. The Morgan fingerprint density at radius 3 is 1.18 bits per heavy atom. The lowest BCUT2D eigenvalue weighted by Crippen LogP contribution is -2.54. The molecule has 5 fully saturated rings. The number of piperidine rings is 2. The highest BCUT2D eigenvalue weighted by Crippen LogP contribution is 2.39. The molecule has 6 atom stereocenters. The van der Waals surface area contributed by atoms with Crippen LogP contribution in [0.5, 0.6) is 23.0 Å². The second-order valence-corrected chi connectivity index (χ2v) is 36.5. The number of nitrogens with one attached hydrogen (secondary N) is 5. The number of likely N-dealkylation sites (N-methyl/N-ethyl adjacent to an activating group) is 2. The van der Waals surface area contributed by atoms with Crippen LogP contribution in [0.1, 0.15) is 70.6 Å². The molecule has 5 saturated heterocycles. The lowest BCUT2D eigenvalue weighted by Gasteiger charge is -2.36. The lowest BCUT2D eigenvalue weighted by molar-refractivity contribution is 0.102. The van der Waals surface area contributed by atoms with Crippen molar-refractivity contribution in [3.63, 3.8) is 0 Å². The van der Waals surface area contributed by atoms with E-state index in [9.17, 15) is 22.0 Å². The highest BCUT2D eigenvalue weighted by atomic mass is 19.1. The SMILES string of the molecule is CN1CCN2CCCC[C@H]2COc2ccc(F)c(c2)-c2cnn3ccc1nc23.CN1CCN2CCC[C@H]2CNc2ccc(F)c(c2)-c2cnn3ccc1nc23.Fc1ccc2cc1-c1cnn3ccc(nc13)NCCN1CCCCC(C1)O2.Fc1ccc2cc1-c1cnn3ccc(nc13)NCCN1CCCC[C@H]1CO2.Fc1ccc2cc1-c1cnn3ccc(nc13)NCCN1CCNC[C@H]1CO2. The molecule has 31 nitrogen and oxygen atoms in total. The summed E-state index contributed by atoms with van der Waals surface area (Å²) in [7, 11) is 4.11. The third-order valence-electron chi connectivity index (χ3n) is 27.7. The fraction of sp³-hybridized carbons (Fsp3) is 0.400. The summed E-state index contributed by atoms with van der Waals surface area (Å²) in [6.45, 7) is 19.7. The number of halogens is 5. The minimum atomic E-state index is -0.314. The van der Waals surface area contributed by atoms with Gasteiger partial charge in [0.2, 0.25) is 0 Å². The van der Waals surface area contributed by atoms with Gasteiger partial charge in [-0.05, 0) is 205 Å². The van der Waals surface area contributed by atoms with Gasteiger partial charge in [0.25, 0.3) is 0 Å². The quantitative estimate of drug-likeness (QED) is 0.0883. The van der Waals surface area contributed by atoms with Crippen LogP contribution < -0.4 is 55.3 Å². The molecule has 20 heterocycles. The van der Waals surface area contributed by atoms with Gasteiger partial charge >= 0.3 is 0 Å². The zero-order valence-electron chi connectivity index (χ0n) is 76.4. The standard InChI is InChI=1S/C21H24FN5O.C20H23FN6.2C20H22FN5O.C19H21FN6O/c1-25-10-11-26-8-3-2-4-15(26)14-28-16-5-6-19(22)17(12-16)18-13-23-27-9-7-20(25)24-21(18)27;1-25-9-10-26-7-2-3-15(26)12-22-14-4-5-18(21)16(11-14)17-13-23-27-8-6-19(25)24-20(17)27;21-18-5-4-14-11-16(18)17-12-23-26-9-6-19(24-20(17)26)22-7-10-25-8-2-1-3-15(13-25)27-14;21-18-5-4-15-11-16(18)17-12-23-26-9-6-19(24-20(17)26)22-7-10-25-8-2-1-3-14(25)13-27-15;20-17-2-1-14-9-15(17)16-11-23-26-6-3-18(24-19(16)26)22-5-8-25-7-4-21-10-13(25)12-27-14/h5-7,9,12-13,15H,2-4,8,10-11,14H2,1H3;4-6,8,11,13,15,22H,2-3,7,9-10,12H2,1H3;4-6,9,11-12,15H,1-3,7-8,10,13H2,(H,22,24);4-6,9,11-12,14H,1-3,7-8,10,13H2,(H,22,24);1-3,6,9,11,13,21H,4-5,7-8,10,12H2,(H,22,24)/t2*15-;;14-;13-/m00.00/s1. The number of benzene rings is 5. The average molecular weight is 1850 g/mol. The molecule has 0 radical (unpaired) electrons. The fourth-order valence-corrected chi connectivity index (χ4v) is 20.1. The van der Waals surface area contributed by atoms with Crippen LogP contribution in [0.4, 0.5) is 56.7 Å². The summed E-state index contributed by atoms with van der Waals surface area (Å²) < 4.78 is 106. The van der Waals surface area contributed by atoms with Crippen molar-refractivity contribution >= 4 is 63.0 Å². The van der Waals surface area contributed by atoms with E-state index in [4.69, 9.17) is 28.9 Å². The van der Waals surface area contributed by atoms with E-state index >= 15 is 0 Å². The molecule has 0 aliphatic carbocycles. The van der Waals surface area contributed by atoms with Gasteiger partial charge in [-0.1, -0.05) is 12.8 Å². The zero-order chi connectivity index (χ0) is 92.1. The van der Waals surface area contributed by atoms with Crippen LogP contribution in [0.25, 0.3) is 83.9 Å². The average Bonchev–Trinajstić information content (AvgIpc) is 1.50. The summed E-state index contributed by atoms with van der Waals surface area (Å²) in [4.78, 5) is 40.3. The molecule has 706 valence electrons. The van der Waals surface area contributed by atoms with E-state index < -0.39 is 0 Å². The Bertz CT molecular complexity index is 6590. The third kappa shape index (κ3) is 19.7. The van der Waals surface area contributed by atoms with Crippen molar-refractivity contribution in [1.82, 2.24) is 103 Å². The summed E-state index contributed by atoms with van der Waals surface area (Å²) >= 11 is 0. The van der Waals surface area contributed by atoms with Crippen LogP contribution in [0.2, 0.25) is 0 Å². The number of fused-ring (bicyclic) bond motifs is 26. The van der Waals surface area contributed by atoms with E-state index in [2.05, 4.69) is 115 Å². The van der Waals surface area contributed by atoms with E-state index in [1.165, 1.54) is 75.3 Å². The maximum absolute atomic E-state index is 14.6. The minimum Gasteiger partial charge on any atom is -0.492 e. The van der Waals surface area contributed by atoms with Gasteiger partial charge < -0.3 is 55.3 Å². The number of hydrogen-bond donors (Lipinski definition) is 5. The number of ether oxygens (including phenoxy) is 4. The molecule has 0 amide bonds. The number of hydrogen-bond acceptors (Lipinski definition) is 26. The van der Waals surface area contributed by atoms with Crippen LogP contribution in [0, 0.1) is 29.1 Å². The predicted octanol–water partition coefficient (Wildman–Crippen LogP) is 14.1. The van der Waals surface area contributed by atoms with Gasteiger partial charge in [-0.2, -0.15) is 25.5 Å². The number of aromatic nitrogens is 15. The van der Waals surface area contributed by atoms with E-state index in [0.29, 0.717) is 145 Å². The molecule has 36 heteroatoms. The van der Waals surface area contributed by atoms with Gasteiger partial charge in [-0.25, -0.2) is 69.4 Å². The van der Waals surface area contributed by atoms with Gasteiger partial charge in [0.15, 0.2) is 28.2 Å². The van der Waals surface area contributed by atoms with E-state index in [-0.39, 0.29) is 41.2 Å². The van der Waals surface area contributed by atoms with Crippen molar-refractivity contribution in [2.24, 2.45) is 0 Å². The zero-order valence-corrected chi connectivity index (χ0v) is 76.4. The van der Waals surface area contributed by atoms with Gasteiger partial charge in [0, 0.05) is 223 Å². The van der Waals surface area contributed by atoms with E-state index in [1.807, 2.05) is 73.4 Å². The Kier molecular flexibility index (Phi) is 26.4. The molecular formula is C100H112F5N27O4. The first-order chi connectivity index (χ1) is 66.7. The predicted molar refractivity (Wildman–Crippen MR) is 515 cm³/mol. The first-order valence-electron chi connectivity index (χ1n) is 47.7. The lowest BCUT2D eigenvalue weighted by atomic mass is 10.0. The molecule has 136 heavy (non-hydrogen) atoms.